The van der Waals surface area contributed by atoms with Crippen molar-refractivity contribution >= 4 is 10.9 Å². The Morgan fingerprint density at radius 3 is 2.90 bits per heavy atom. The van der Waals surface area contributed by atoms with Gasteiger partial charge in [-0.1, -0.05) is 23.4 Å². The number of fused-ring (bicyclic) bond motifs is 1. The second-order valence-electron chi connectivity index (χ2n) is 8.14. The number of likely N-dealkylation sites (tertiary alicyclic amines) is 1. The van der Waals surface area contributed by atoms with E-state index in [9.17, 15) is 0 Å². The minimum absolute atomic E-state index is 0.483. The van der Waals surface area contributed by atoms with Crippen molar-refractivity contribution in [3.8, 4) is 11.1 Å². The summed E-state index contributed by atoms with van der Waals surface area (Å²) in [5.74, 6) is 1.33. The van der Waals surface area contributed by atoms with E-state index in [1.54, 1.807) is 0 Å². The summed E-state index contributed by atoms with van der Waals surface area (Å²) >= 11 is 0. The van der Waals surface area contributed by atoms with Crippen molar-refractivity contribution in [1.82, 2.24) is 20.0 Å². The van der Waals surface area contributed by atoms with Crippen molar-refractivity contribution in [1.29, 1.82) is 0 Å². The Labute approximate surface area is 170 Å². The van der Waals surface area contributed by atoms with Crippen LogP contribution in [0.4, 0.5) is 0 Å². The summed E-state index contributed by atoms with van der Waals surface area (Å²) in [4.78, 5) is 10.7. The van der Waals surface area contributed by atoms with Gasteiger partial charge in [0.2, 0.25) is 0 Å². The molecule has 0 saturated carbocycles. The van der Waals surface area contributed by atoms with Crippen LogP contribution in [0.3, 0.4) is 0 Å². The predicted molar refractivity (Wildman–Crippen MR) is 115 cm³/mol. The first-order valence-corrected chi connectivity index (χ1v) is 10.3. The monoisotopic (exact) mass is 386 g/mol. The van der Waals surface area contributed by atoms with Gasteiger partial charge in [-0.05, 0) is 62.4 Å². The fraction of sp³-hybridized carbons (Fsp3) is 0.333. The first kappa shape index (κ1) is 18.1. The van der Waals surface area contributed by atoms with Gasteiger partial charge in [0, 0.05) is 53.7 Å². The van der Waals surface area contributed by atoms with Crippen LogP contribution in [-0.2, 0) is 6.54 Å². The van der Waals surface area contributed by atoms with Crippen LogP contribution in [0.15, 0.2) is 53.3 Å². The minimum Gasteiger partial charge on any atom is -0.361 e. The van der Waals surface area contributed by atoms with Gasteiger partial charge in [0.15, 0.2) is 0 Å². The molecule has 1 N–H and O–H groups in total. The molecule has 4 aromatic rings. The maximum Gasteiger partial charge on any atom is 0.141 e. The van der Waals surface area contributed by atoms with E-state index in [4.69, 9.17) is 9.51 Å². The van der Waals surface area contributed by atoms with Crippen LogP contribution < -0.4 is 0 Å². The van der Waals surface area contributed by atoms with E-state index in [-0.39, 0.29) is 0 Å². The van der Waals surface area contributed by atoms with E-state index >= 15 is 0 Å². The van der Waals surface area contributed by atoms with Crippen LogP contribution in [-0.4, -0.2) is 33.1 Å². The zero-order chi connectivity index (χ0) is 19.8. The van der Waals surface area contributed by atoms with E-state index in [0.717, 1.165) is 42.2 Å². The molecule has 1 saturated heterocycles. The number of hydrogen-bond acceptors (Lipinski definition) is 4. The second-order valence-corrected chi connectivity index (χ2v) is 8.14. The van der Waals surface area contributed by atoms with Gasteiger partial charge in [-0.25, -0.2) is 0 Å². The minimum atomic E-state index is 0.483. The smallest absolute Gasteiger partial charge is 0.141 e. The molecule has 5 nitrogen and oxygen atoms in total. The Bertz CT molecular complexity index is 1110. The second kappa shape index (κ2) is 7.48. The Kier molecular flexibility index (Phi) is 4.68. The molecule has 0 bridgehead atoms. The van der Waals surface area contributed by atoms with E-state index < -0.39 is 0 Å². The molecule has 0 spiro atoms. The number of hydrogen-bond donors (Lipinski definition) is 1. The number of aryl methyl sites for hydroxylation is 2. The topological polar surface area (TPSA) is 58.0 Å². The molecule has 4 heterocycles. The average Bonchev–Trinajstić information content (AvgIpc) is 3.34. The van der Waals surface area contributed by atoms with Gasteiger partial charge in [0.25, 0.3) is 0 Å². The van der Waals surface area contributed by atoms with Gasteiger partial charge in [0.05, 0.1) is 5.69 Å². The third kappa shape index (κ3) is 3.58. The number of rotatable bonds is 4. The molecule has 0 amide bonds. The van der Waals surface area contributed by atoms with Crippen LogP contribution in [0.25, 0.3) is 22.0 Å². The maximum absolute atomic E-state index is 5.30. The third-order valence-corrected chi connectivity index (χ3v) is 6.06. The molecule has 1 aromatic carbocycles. The summed E-state index contributed by atoms with van der Waals surface area (Å²) < 4.78 is 5.30. The number of aromatic amines is 1. The summed E-state index contributed by atoms with van der Waals surface area (Å²) in [5, 5.41) is 5.33. The summed E-state index contributed by atoms with van der Waals surface area (Å²) in [5.41, 5.74) is 6.82. The molecule has 3 aromatic heterocycles. The SMILES string of the molecule is Cc1noc(C)c1-c1ccc([C@H]2CCCN(Cc3ccc4cc[nH]c4c3)C2)nc1. The summed E-state index contributed by atoms with van der Waals surface area (Å²) in [6, 6.07) is 13.2. The predicted octanol–water partition coefficient (Wildman–Crippen LogP) is 5.21. The van der Waals surface area contributed by atoms with Crippen molar-refractivity contribution < 1.29 is 4.52 Å². The molecule has 148 valence electrons. The van der Waals surface area contributed by atoms with Crippen LogP contribution in [0.5, 0.6) is 0 Å². The van der Waals surface area contributed by atoms with Crippen LogP contribution in [0.2, 0.25) is 0 Å². The lowest BCUT2D eigenvalue weighted by atomic mass is 9.93. The highest BCUT2D eigenvalue weighted by molar-refractivity contribution is 5.79. The largest absolute Gasteiger partial charge is 0.361 e. The van der Waals surface area contributed by atoms with Gasteiger partial charge in [-0.15, -0.1) is 0 Å². The lowest BCUT2D eigenvalue weighted by Crippen LogP contribution is -2.34. The van der Waals surface area contributed by atoms with Gasteiger partial charge in [-0.3, -0.25) is 9.88 Å². The first-order valence-electron chi connectivity index (χ1n) is 10.3. The number of nitrogens with one attached hydrogen (secondary N) is 1. The highest BCUT2D eigenvalue weighted by Gasteiger charge is 2.23. The van der Waals surface area contributed by atoms with Crippen LogP contribution in [0.1, 0.15) is 41.5 Å². The summed E-state index contributed by atoms with van der Waals surface area (Å²) in [6.45, 7) is 7.12. The molecule has 0 radical (unpaired) electrons. The molecule has 0 aliphatic carbocycles. The fourth-order valence-corrected chi connectivity index (χ4v) is 4.58. The number of H-pyrrole nitrogens is 1. The van der Waals surface area contributed by atoms with Crippen molar-refractivity contribution in [2.45, 2.75) is 39.2 Å². The molecular weight excluding hydrogens is 360 g/mol. The van der Waals surface area contributed by atoms with Crippen molar-refractivity contribution in [3.05, 3.63) is 71.5 Å². The Balaban J connectivity index is 1.30. The Morgan fingerprint density at radius 1 is 1.17 bits per heavy atom. The molecule has 0 unspecified atom stereocenters. The lowest BCUT2D eigenvalue weighted by Gasteiger charge is -2.32. The summed E-state index contributed by atoms with van der Waals surface area (Å²) in [6.07, 6.45) is 6.38. The molecule has 1 fully saturated rings. The standard InChI is InChI=1S/C24H26N4O/c1-16-24(17(2)29-27-16)20-7-8-22(26-13-20)21-4-3-11-28(15-21)14-18-5-6-19-9-10-25-23(19)12-18/h5-10,12-13,21,25H,3-4,11,14-15H2,1-2H3/t21-/m0/s1. The Hall–Kier alpha value is -2.92. The number of benzene rings is 1. The molecule has 5 rings (SSSR count). The van der Waals surface area contributed by atoms with Gasteiger partial charge >= 0.3 is 0 Å². The Morgan fingerprint density at radius 2 is 2.10 bits per heavy atom. The molecule has 1 atom stereocenters. The normalized spacial score (nSPS) is 17.8. The zero-order valence-corrected chi connectivity index (χ0v) is 17.0. The molecule has 5 heteroatoms. The van der Waals surface area contributed by atoms with Crippen molar-refractivity contribution in [3.63, 3.8) is 0 Å². The van der Waals surface area contributed by atoms with E-state index in [0.29, 0.717) is 5.92 Å². The highest BCUT2D eigenvalue weighted by atomic mass is 16.5. The van der Waals surface area contributed by atoms with Crippen LogP contribution in [0, 0.1) is 13.8 Å². The molecule has 1 aliphatic rings. The number of pyridine rings is 1. The molecule has 29 heavy (non-hydrogen) atoms. The highest BCUT2D eigenvalue weighted by Crippen LogP contribution is 2.30. The number of nitrogens with zero attached hydrogens (tertiary/aromatic N) is 3. The van der Waals surface area contributed by atoms with Gasteiger partial charge < -0.3 is 9.51 Å². The van der Waals surface area contributed by atoms with Crippen molar-refractivity contribution in [2.75, 3.05) is 13.1 Å². The lowest BCUT2D eigenvalue weighted by molar-refractivity contribution is 0.198. The molecule has 1 aliphatic heterocycles. The zero-order valence-electron chi connectivity index (χ0n) is 17.0. The van der Waals surface area contributed by atoms with E-state index in [1.165, 1.54) is 35.0 Å². The van der Waals surface area contributed by atoms with Gasteiger partial charge in [0.1, 0.15) is 5.76 Å². The van der Waals surface area contributed by atoms with Gasteiger partial charge in [-0.2, -0.15) is 0 Å². The summed E-state index contributed by atoms with van der Waals surface area (Å²) in [7, 11) is 0. The van der Waals surface area contributed by atoms with E-state index in [1.807, 2.05) is 26.2 Å². The fourth-order valence-electron chi connectivity index (χ4n) is 4.58. The number of piperidine rings is 1. The van der Waals surface area contributed by atoms with Crippen LogP contribution >= 0.6 is 0 Å². The first-order chi connectivity index (χ1) is 14.2. The van der Waals surface area contributed by atoms with Crippen molar-refractivity contribution in [2.24, 2.45) is 0 Å². The van der Waals surface area contributed by atoms with E-state index in [2.05, 4.69) is 51.4 Å². The third-order valence-electron chi connectivity index (χ3n) is 6.06. The average molecular weight is 386 g/mol. The quantitative estimate of drug-likeness (QED) is 0.523. The molecular formula is C24H26N4O. The number of aromatic nitrogens is 3. The maximum atomic E-state index is 5.30.